The number of hydrogen-bond acceptors (Lipinski definition) is 3. The predicted octanol–water partition coefficient (Wildman–Crippen LogP) is 1.17. The van der Waals surface area contributed by atoms with Crippen LogP contribution in [-0.4, -0.2) is 48.2 Å². The molecule has 1 saturated carbocycles. The third kappa shape index (κ3) is 3.19. The lowest BCUT2D eigenvalue weighted by Gasteiger charge is -2.29. The first-order valence-electron chi connectivity index (χ1n) is 6.89. The second-order valence-electron chi connectivity index (χ2n) is 5.42. The standard InChI is InChI=1S/C13H24N2O2/c1-2-15-7-6-10(9-15)12(13(16)17)8-14-11-4-3-5-11/h10-12,14H,2-9H2,1H3,(H,16,17). The van der Waals surface area contributed by atoms with E-state index in [2.05, 4.69) is 17.1 Å². The molecule has 0 spiro atoms. The summed E-state index contributed by atoms with van der Waals surface area (Å²) in [6, 6.07) is 0.584. The molecule has 2 atom stereocenters. The van der Waals surface area contributed by atoms with Gasteiger partial charge in [-0.1, -0.05) is 13.3 Å². The summed E-state index contributed by atoms with van der Waals surface area (Å²) >= 11 is 0. The normalized spacial score (nSPS) is 27.9. The second-order valence-corrected chi connectivity index (χ2v) is 5.42. The zero-order valence-corrected chi connectivity index (χ0v) is 10.7. The molecule has 0 radical (unpaired) electrons. The molecule has 2 aliphatic rings. The summed E-state index contributed by atoms with van der Waals surface area (Å²) < 4.78 is 0. The van der Waals surface area contributed by atoms with E-state index in [1.807, 2.05) is 0 Å². The number of likely N-dealkylation sites (tertiary alicyclic amines) is 1. The topological polar surface area (TPSA) is 52.6 Å². The van der Waals surface area contributed by atoms with Crippen molar-refractivity contribution in [3.63, 3.8) is 0 Å². The van der Waals surface area contributed by atoms with Gasteiger partial charge in [0.25, 0.3) is 0 Å². The van der Waals surface area contributed by atoms with Crippen LogP contribution in [0.25, 0.3) is 0 Å². The van der Waals surface area contributed by atoms with Crippen LogP contribution in [0.4, 0.5) is 0 Å². The van der Waals surface area contributed by atoms with Crippen molar-refractivity contribution in [3.05, 3.63) is 0 Å². The molecule has 2 fully saturated rings. The summed E-state index contributed by atoms with van der Waals surface area (Å²) in [5, 5.41) is 12.7. The molecule has 0 amide bonds. The monoisotopic (exact) mass is 240 g/mol. The van der Waals surface area contributed by atoms with E-state index in [-0.39, 0.29) is 5.92 Å². The van der Waals surface area contributed by atoms with Crippen molar-refractivity contribution < 1.29 is 9.90 Å². The zero-order valence-electron chi connectivity index (χ0n) is 10.7. The highest BCUT2D eigenvalue weighted by Gasteiger charge is 2.33. The van der Waals surface area contributed by atoms with Gasteiger partial charge >= 0.3 is 5.97 Å². The number of carboxylic acid groups (broad SMARTS) is 1. The highest BCUT2D eigenvalue weighted by molar-refractivity contribution is 5.70. The summed E-state index contributed by atoms with van der Waals surface area (Å²) in [6.07, 6.45) is 4.77. The van der Waals surface area contributed by atoms with Crippen LogP contribution in [0.15, 0.2) is 0 Å². The van der Waals surface area contributed by atoms with Crippen LogP contribution >= 0.6 is 0 Å². The Morgan fingerprint density at radius 2 is 2.24 bits per heavy atom. The van der Waals surface area contributed by atoms with Crippen LogP contribution < -0.4 is 5.32 Å². The van der Waals surface area contributed by atoms with E-state index in [1.54, 1.807) is 0 Å². The van der Waals surface area contributed by atoms with Crippen LogP contribution in [0.1, 0.15) is 32.6 Å². The van der Waals surface area contributed by atoms with Gasteiger partial charge in [0.1, 0.15) is 0 Å². The highest BCUT2D eigenvalue weighted by atomic mass is 16.4. The summed E-state index contributed by atoms with van der Waals surface area (Å²) in [6.45, 7) is 5.86. The van der Waals surface area contributed by atoms with Gasteiger partial charge in [0.2, 0.25) is 0 Å². The smallest absolute Gasteiger partial charge is 0.308 e. The largest absolute Gasteiger partial charge is 0.481 e. The Kier molecular flexibility index (Phi) is 4.40. The van der Waals surface area contributed by atoms with Gasteiger partial charge in [0, 0.05) is 19.1 Å². The van der Waals surface area contributed by atoms with Gasteiger partial charge in [0.05, 0.1) is 5.92 Å². The molecule has 2 rings (SSSR count). The number of hydrogen-bond donors (Lipinski definition) is 2. The molecule has 1 saturated heterocycles. The zero-order chi connectivity index (χ0) is 12.3. The molecule has 0 bridgehead atoms. The molecule has 98 valence electrons. The molecule has 0 aromatic rings. The molecule has 1 aliphatic carbocycles. The van der Waals surface area contributed by atoms with Crippen LogP contribution in [0.5, 0.6) is 0 Å². The van der Waals surface area contributed by atoms with E-state index in [9.17, 15) is 9.90 Å². The molecule has 4 nitrogen and oxygen atoms in total. The van der Waals surface area contributed by atoms with Gasteiger partial charge in [-0.3, -0.25) is 4.79 Å². The van der Waals surface area contributed by atoms with Crippen molar-refractivity contribution in [1.82, 2.24) is 10.2 Å². The number of rotatable bonds is 6. The summed E-state index contributed by atoms with van der Waals surface area (Å²) in [5.41, 5.74) is 0. The first-order valence-corrected chi connectivity index (χ1v) is 6.89. The van der Waals surface area contributed by atoms with Crippen molar-refractivity contribution in [2.75, 3.05) is 26.2 Å². The van der Waals surface area contributed by atoms with E-state index >= 15 is 0 Å². The number of carbonyl (C=O) groups is 1. The Hall–Kier alpha value is -0.610. The van der Waals surface area contributed by atoms with Gasteiger partial charge < -0.3 is 15.3 Å². The summed E-state index contributed by atoms with van der Waals surface area (Å²) in [7, 11) is 0. The minimum atomic E-state index is -0.625. The Bertz CT molecular complexity index is 266. The SMILES string of the molecule is CCN1CCC(C(CNC2CCC2)C(=O)O)C1. The maximum absolute atomic E-state index is 11.3. The van der Waals surface area contributed by atoms with Crippen LogP contribution in [0.2, 0.25) is 0 Å². The number of aliphatic carboxylic acids is 1. The first kappa shape index (κ1) is 12.8. The number of carboxylic acids is 1. The molecule has 1 heterocycles. The van der Waals surface area contributed by atoms with Gasteiger partial charge in [-0.15, -0.1) is 0 Å². The second kappa shape index (κ2) is 5.83. The van der Waals surface area contributed by atoms with Gasteiger partial charge in [-0.25, -0.2) is 0 Å². The van der Waals surface area contributed by atoms with Crippen molar-refractivity contribution in [2.45, 2.75) is 38.6 Å². The van der Waals surface area contributed by atoms with Crippen LogP contribution in [0.3, 0.4) is 0 Å². The average molecular weight is 240 g/mol. The quantitative estimate of drug-likeness (QED) is 0.732. The minimum absolute atomic E-state index is 0.202. The third-order valence-corrected chi connectivity index (χ3v) is 4.37. The molecule has 1 aliphatic heterocycles. The lowest BCUT2D eigenvalue weighted by molar-refractivity contribution is -0.143. The Morgan fingerprint density at radius 3 is 2.71 bits per heavy atom. The fourth-order valence-corrected chi connectivity index (χ4v) is 2.84. The van der Waals surface area contributed by atoms with Crippen LogP contribution in [0, 0.1) is 11.8 Å². The molecule has 17 heavy (non-hydrogen) atoms. The van der Waals surface area contributed by atoms with E-state index in [4.69, 9.17) is 0 Å². The molecule has 2 unspecified atom stereocenters. The highest BCUT2D eigenvalue weighted by Crippen LogP contribution is 2.25. The Morgan fingerprint density at radius 1 is 1.47 bits per heavy atom. The molecular weight excluding hydrogens is 216 g/mol. The van der Waals surface area contributed by atoms with Crippen molar-refractivity contribution in [2.24, 2.45) is 11.8 Å². The van der Waals surface area contributed by atoms with E-state index in [1.165, 1.54) is 19.3 Å². The molecule has 4 heteroatoms. The Labute approximate surface area is 103 Å². The Balaban J connectivity index is 1.81. The third-order valence-electron chi connectivity index (χ3n) is 4.37. The van der Waals surface area contributed by atoms with Crippen molar-refractivity contribution >= 4 is 5.97 Å². The van der Waals surface area contributed by atoms with E-state index < -0.39 is 5.97 Å². The van der Waals surface area contributed by atoms with Gasteiger partial charge in [-0.05, 0) is 38.3 Å². The average Bonchev–Trinajstić information content (AvgIpc) is 2.69. The number of nitrogens with one attached hydrogen (secondary N) is 1. The van der Waals surface area contributed by atoms with Gasteiger partial charge in [0.15, 0.2) is 0 Å². The lowest BCUT2D eigenvalue weighted by atomic mass is 9.89. The summed E-state index contributed by atoms with van der Waals surface area (Å²) in [4.78, 5) is 13.7. The van der Waals surface area contributed by atoms with Crippen LogP contribution in [-0.2, 0) is 4.79 Å². The number of nitrogens with zero attached hydrogens (tertiary/aromatic N) is 1. The van der Waals surface area contributed by atoms with Gasteiger partial charge in [-0.2, -0.15) is 0 Å². The fourth-order valence-electron chi connectivity index (χ4n) is 2.84. The van der Waals surface area contributed by atoms with Crippen molar-refractivity contribution in [1.29, 1.82) is 0 Å². The molecular formula is C13H24N2O2. The lowest BCUT2D eigenvalue weighted by Crippen LogP contribution is -2.42. The maximum atomic E-state index is 11.3. The first-order chi connectivity index (χ1) is 8.20. The molecule has 0 aromatic carbocycles. The predicted molar refractivity (Wildman–Crippen MR) is 67.0 cm³/mol. The van der Waals surface area contributed by atoms with E-state index in [0.29, 0.717) is 18.5 Å². The maximum Gasteiger partial charge on any atom is 0.308 e. The molecule has 0 aromatic heterocycles. The fraction of sp³-hybridized carbons (Fsp3) is 0.923. The summed E-state index contributed by atoms with van der Waals surface area (Å²) in [5.74, 6) is -0.494. The van der Waals surface area contributed by atoms with E-state index in [0.717, 1.165) is 26.1 Å². The molecule has 2 N–H and O–H groups in total. The minimum Gasteiger partial charge on any atom is -0.481 e. The van der Waals surface area contributed by atoms with Crippen molar-refractivity contribution in [3.8, 4) is 0 Å².